The lowest BCUT2D eigenvalue weighted by Gasteiger charge is -2.30. The standard InChI is InChI=1S/C30H29BrClN5O2S/c1-4-14-40-30-35-29-33-19(3)26(28(38)34-22-10-7-8-18(2)15-22)27(37(29)36-30)23-16-21(31)12-13-25(23)39-17-20-9-5-6-11-24(20)32/h5-13,15-16,27H,4,14,17H2,1-3H3,(H,34,38)(H,33,35,36). The minimum atomic E-state index is -0.594. The van der Waals surface area contributed by atoms with Crippen LogP contribution in [-0.2, 0) is 11.4 Å². The van der Waals surface area contributed by atoms with E-state index in [1.807, 2.05) is 80.6 Å². The van der Waals surface area contributed by atoms with Gasteiger partial charge in [0.25, 0.3) is 5.91 Å². The zero-order valence-electron chi connectivity index (χ0n) is 22.4. The van der Waals surface area contributed by atoms with Crippen molar-refractivity contribution in [2.24, 2.45) is 0 Å². The number of fused-ring (bicyclic) bond motifs is 1. The first-order chi connectivity index (χ1) is 19.3. The zero-order valence-corrected chi connectivity index (χ0v) is 25.5. The van der Waals surface area contributed by atoms with Gasteiger partial charge in [0.1, 0.15) is 18.4 Å². The average molecular weight is 639 g/mol. The molecule has 0 saturated carbocycles. The Hall–Kier alpha value is -3.27. The summed E-state index contributed by atoms with van der Waals surface area (Å²) in [5.74, 6) is 1.85. The summed E-state index contributed by atoms with van der Waals surface area (Å²) in [5, 5.41) is 12.5. The SMILES string of the molecule is CCCSc1nc2n(n1)C(c1cc(Br)ccc1OCc1ccccc1Cl)C(C(=O)Nc1cccc(C)c1)=C(C)N2. The molecule has 40 heavy (non-hydrogen) atoms. The number of hydrogen-bond donors (Lipinski definition) is 2. The third kappa shape index (κ3) is 6.22. The van der Waals surface area contributed by atoms with E-state index in [0.29, 0.717) is 33.1 Å². The van der Waals surface area contributed by atoms with Crippen LogP contribution in [0.4, 0.5) is 11.6 Å². The normalized spacial score (nSPS) is 14.5. The molecule has 0 saturated heterocycles. The lowest BCUT2D eigenvalue weighted by Crippen LogP contribution is -2.31. The summed E-state index contributed by atoms with van der Waals surface area (Å²) in [6.07, 6.45) is 0.999. The number of carbonyl (C=O) groups is 1. The Morgan fingerprint density at radius 3 is 2.75 bits per heavy atom. The summed E-state index contributed by atoms with van der Waals surface area (Å²) in [6, 6.07) is 20.5. The Bertz CT molecular complexity index is 1590. The predicted octanol–water partition coefficient (Wildman–Crippen LogP) is 8.01. The van der Waals surface area contributed by atoms with Crippen molar-refractivity contribution >= 4 is 56.8 Å². The van der Waals surface area contributed by atoms with Gasteiger partial charge in [0.05, 0.1) is 5.57 Å². The number of hydrogen-bond acceptors (Lipinski definition) is 6. The van der Waals surface area contributed by atoms with Crippen LogP contribution < -0.4 is 15.4 Å². The molecule has 1 unspecified atom stereocenters. The first-order valence-corrected chi connectivity index (χ1v) is 15.1. The topological polar surface area (TPSA) is 81.1 Å². The molecule has 1 aliphatic rings. The highest BCUT2D eigenvalue weighted by Crippen LogP contribution is 2.41. The van der Waals surface area contributed by atoms with Crippen LogP contribution in [0.1, 0.15) is 43.0 Å². The molecule has 0 fully saturated rings. The lowest BCUT2D eigenvalue weighted by atomic mass is 9.94. The van der Waals surface area contributed by atoms with E-state index in [2.05, 4.69) is 33.5 Å². The largest absolute Gasteiger partial charge is 0.488 e. The maximum atomic E-state index is 13.9. The van der Waals surface area contributed by atoms with Crippen LogP contribution in [0.25, 0.3) is 0 Å². The summed E-state index contributed by atoms with van der Waals surface area (Å²) in [4.78, 5) is 18.7. The van der Waals surface area contributed by atoms with E-state index in [4.69, 9.17) is 26.4 Å². The highest BCUT2D eigenvalue weighted by atomic mass is 79.9. The molecule has 206 valence electrons. The van der Waals surface area contributed by atoms with Gasteiger partial charge in [-0.05, 0) is 62.2 Å². The number of aromatic nitrogens is 3. The van der Waals surface area contributed by atoms with E-state index in [0.717, 1.165) is 39.0 Å². The van der Waals surface area contributed by atoms with Crippen molar-refractivity contribution in [3.63, 3.8) is 0 Å². The molecule has 10 heteroatoms. The van der Waals surface area contributed by atoms with Gasteiger partial charge in [0, 0.05) is 37.8 Å². The second-order valence-corrected chi connectivity index (χ2v) is 11.8. The van der Waals surface area contributed by atoms with Crippen LogP contribution in [0.15, 0.2) is 87.6 Å². The number of anilines is 2. The Morgan fingerprint density at radius 2 is 1.98 bits per heavy atom. The van der Waals surface area contributed by atoms with Crippen LogP contribution >= 0.6 is 39.3 Å². The molecule has 3 aromatic carbocycles. The van der Waals surface area contributed by atoms with Crippen LogP contribution in [0.5, 0.6) is 5.75 Å². The smallest absolute Gasteiger partial charge is 0.255 e. The Kier molecular flexibility index (Phi) is 8.83. The maximum absolute atomic E-state index is 13.9. The molecule has 0 aliphatic carbocycles. The third-order valence-corrected chi connectivity index (χ3v) is 8.30. The minimum Gasteiger partial charge on any atom is -0.488 e. The molecule has 4 aromatic rings. The fourth-order valence-corrected chi connectivity index (χ4v) is 5.78. The predicted molar refractivity (Wildman–Crippen MR) is 165 cm³/mol. The van der Waals surface area contributed by atoms with Gasteiger partial charge in [-0.15, -0.1) is 5.10 Å². The van der Waals surface area contributed by atoms with Crippen molar-refractivity contribution in [1.29, 1.82) is 0 Å². The van der Waals surface area contributed by atoms with Gasteiger partial charge < -0.3 is 15.4 Å². The highest BCUT2D eigenvalue weighted by molar-refractivity contribution is 9.10. The Labute approximate surface area is 251 Å². The van der Waals surface area contributed by atoms with Crippen LogP contribution in [0.3, 0.4) is 0 Å². The second-order valence-electron chi connectivity index (χ2n) is 9.46. The van der Waals surface area contributed by atoms with Crippen molar-refractivity contribution in [3.8, 4) is 5.75 Å². The van der Waals surface area contributed by atoms with E-state index in [1.54, 1.807) is 16.4 Å². The summed E-state index contributed by atoms with van der Waals surface area (Å²) in [7, 11) is 0. The van der Waals surface area contributed by atoms with Gasteiger partial charge in [-0.1, -0.05) is 76.5 Å². The molecular formula is C30H29BrClN5O2S. The molecule has 2 heterocycles. The number of nitrogens with one attached hydrogen (secondary N) is 2. The first-order valence-electron chi connectivity index (χ1n) is 12.9. The van der Waals surface area contributed by atoms with Crippen molar-refractivity contribution < 1.29 is 9.53 Å². The van der Waals surface area contributed by atoms with Gasteiger partial charge in [-0.2, -0.15) is 4.98 Å². The van der Waals surface area contributed by atoms with Crippen LogP contribution in [-0.4, -0.2) is 26.4 Å². The minimum absolute atomic E-state index is 0.235. The summed E-state index contributed by atoms with van der Waals surface area (Å²) >= 11 is 11.6. The molecule has 5 rings (SSSR count). The first kappa shape index (κ1) is 28.3. The molecular weight excluding hydrogens is 610 g/mol. The van der Waals surface area contributed by atoms with E-state index in [9.17, 15) is 4.79 Å². The number of thioether (sulfide) groups is 1. The van der Waals surface area contributed by atoms with E-state index >= 15 is 0 Å². The number of allylic oxidation sites excluding steroid dienone is 1. The number of carbonyl (C=O) groups excluding carboxylic acids is 1. The molecule has 0 spiro atoms. The zero-order chi connectivity index (χ0) is 28.2. The third-order valence-electron chi connectivity index (χ3n) is 6.40. The van der Waals surface area contributed by atoms with Crippen molar-refractivity contribution in [3.05, 3.63) is 104 Å². The molecule has 1 aromatic heterocycles. The quantitative estimate of drug-likeness (QED) is 0.181. The molecule has 0 radical (unpaired) electrons. The number of halogens is 2. The maximum Gasteiger partial charge on any atom is 0.255 e. The van der Waals surface area contributed by atoms with Crippen molar-refractivity contribution in [1.82, 2.24) is 14.8 Å². The fraction of sp³-hybridized carbons (Fsp3) is 0.233. The number of nitrogens with zero attached hydrogens (tertiary/aromatic N) is 3. The number of ether oxygens (including phenoxy) is 1. The summed E-state index contributed by atoms with van der Waals surface area (Å²) < 4.78 is 8.98. The lowest BCUT2D eigenvalue weighted by molar-refractivity contribution is -0.113. The summed E-state index contributed by atoms with van der Waals surface area (Å²) in [6.45, 7) is 6.27. The molecule has 1 amide bonds. The van der Waals surface area contributed by atoms with Gasteiger partial charge in [-0.3, -0.25) is 4.79 Å². The van der Waals surface area contributed by atoms with E-state index in [-0.39, 0.29) is 12.5 Å². The van der Waals surface area contributed by atoms with Crippen LogP contribution in [0.2, 0.25) is 5.02 Å². The average Bonchev–Trinajstić information content (AvgIpc) is 3.33. The molecule has 1 aliphatic heterocycles. The van der Waals surface area contributed by atoms with Gasteiger partial charge >= 0.3 is 0 Å². The van der Waals surface area contributed by atoms with Crippen molar-refractivity contribution in [2.45, 2.75) is 45.0 Å². The van der Waals surface area contributed by atoms with Gasteiger partial charge in [0.15, 0.2) is 0 Å². The number of amides is 1. The Morgan fingerprint density at radius 1 is 1.15 bits per heavy atom. The Balaban J connectivity index is 1.59. The molecule has 2 N–H and O–H groups in total. The number of benzene rings is 3. The van der Waals surface area contributed by atoms with Gasteiger partial charge in [-0.25, -0.2) is 4.68 Å². The monoisotopic (exact) mass is 637 g/mol. The molecule has 0 bridgehead atoms. The van der Waals surface area contributed by atoms with Crippen molar-refractivity contribution in [2.75, 3.05) is 16.4 Å². The van der Waals surface area contributed by atoms with Gasteiger partial charge in [0.2, 0.25) is 11.1 Å². The fourth-order valence-electron chi connectivity index (χ4n) is 4.52. The second kappa shape index (κ2) is 12.5. The summed E-state index contributed by atoms with van der Waals surface area (Å²) in [5.41, 5.74) is 4.63. The van der Waals surface area contributed by atoms with Crippen LogP contribution in [0, 0.1) is 6.92 Å². The van der Waals surface area contributed by atoms with E-state index in [1.165, 1.54) is 0 Å². The van der Waals surface area contributed by atoms with E-state index < -0.39 is 6.04 Å². The highest BCUT2D eigenvalue weighted by Gasteiger charge is 2.36. The molecule has 7 nitrogen and oxygen atoms in total. The molecule has 1 atom stereocenters. The number of aryl methyl sites for hydroxylation is 1. The number of rotatable bonds is 9.